The van der Waals surface area contributed by atoms with Gasteiger partial charge in [-0.1, -0.05) is 23.8 Å². The van der Waals surface area contributed by atoms with Crippen LogP contribution in [0.2, 0.25) is 0 Å². The first kappa shape index (κ1) is 19.8. The van der Waals surface area contributed by atoms with Crippen molar-refractivity contribution in [2.24, 2.45) is 0 Å². The van der Waals surface area contributed by atoms with E-state index in [0.717, 1.165) is 11.1 Å². The van der Waals surface area contributed by atoms with E-state index in [0.29, 0.717) is 29.9 Å². The van der Waals surface area contributed by atoms with Gasteiger partial charge in [0, 0.05) is 25.9 Å². The van der Waals surface area contributed by atoms with Crippen LogP contribution in [0.1, 0.15) is 23.1 Å². The lowest BCUT2D eigenvalue weighted by molar-refractivity contribution is -0.137. The molecule has 1 aliphatic heterocycles. The normalized spacial score (nSPS) is 14.2. The Morgan fingerprint density at radius 3 is 2.39 bits per heavy atom. The molecule has 146 valence electrons. The molecule has 1 heterocycles. The second-order valence-corrected chi connectivity index (χ2v) is 6.81. The highest BCUT2D eigenvalue weighted by Crippen LogP contribution is 2.32. The van der Waals surface area contributed by atoms with E-state index in [2.05, 4.69) is 5.32 Å². The van der Waals surface area contributed by atoms with Gasteiger partial charge < -0.3 is 10.1 Å². The summed E-state index contributed by atoms with van der Waals surface area (Å²) < 4.78 is 18.3. The van der Waals surface area contributed by atoms with Crippen molar-refractivity contribution in [2.75, 3.05) is 25.6 Å². The number of benzene rings is 2. The van der Waals surface area contributed by atoms with Gasteiger partial charge in [-0.05, 0) is 55.7 Å². The molecule has 0 saturated carbocycles. The zero-order valence-electron chi connectivity index (χ0n) is 16.2. The van der Waals surface area contributed by atoms with Crippen LogP contribution in [0.25, 0.3) is 5.57 Å². The van der Waals surface area contributed by atoms with Crippen LogP contribution >= 0.6 is 0 Å². The monoisotopic (exact) mass is 382 g/mol. The van der Waals surface area contributed by atoms with Crippen LogP contribution < -0.4 is 5.32 Å². The third kappa shape index (κ3) is 3.97. The van der Waals surface area contributed by atoms with Crippen LogP contribution in [0.3, 0.4) is 0 Å². The maximum absolute atomic E-state index is 13.2. The predicted molar refractivity (Wildman–Crippen MR) is 106 cm³/mol. The number of carbonyl (C=O) groups is 2. The van der Waals surface area contributed by atoms with Crippen LogP contribution in [-0.2, 0) is 14.3 Å². The average Bonchev–Trinajstić information content (AvgIpc) is 2.88. The van der Waals surface area contributed by atoms with Crippen molar-refractivity contribution in [2.45, 2.75) is 20.3 Å². The van der Waals surface area contributed by atoms with Gasteiger partial charge in [0.05, 0.1) is 5.57 Å². The Morgan fingerprint density at radius 1 is 1.04 bits per heavy atom. The molecule has 28 heavy (non-hydrogen) atoms. The number of hydrogen-bond acceptors (Lipinski definition) is 4. The topological polar surface area (TPSA) is 58.6 Å². The fourth-order valence-corrected chi connectivity index (χ4v) is 3.28. The number of methoxy groups -OCH3 is 1. The summed E-state index contributed by atoms with van der Waals surface area (Å²) in [5.41, 5.74) is 3.78. The van der Waals surface area contributed by atoms with Gasteiger partial charge in [-0.2, -0.15) is 0 Å². The van der Waals surface area contributed by atoms with E-state index in [1.165, 1.54) is 29.2 Å². The van der Waals surface area contributed by atoms with Crippen molar-refractivity contribution in [1.29, 1.82) is 0 Å². The minimum absolute atomic E-state index is 0.209. The highest BCUT2D eigenvalue weighted by atomic mass is 19.1. The van der Waals surface area contributed by atoms with Gasteiger partial charge >= 0.3 is 0 Å². The fraction of sp³-hybridized carbons (Fsp3) is 0.273. The lowest BCUT2D eigenvalue weighted by Crippen LogP contribution is -2.34. The Kier molecular flexibility index (Phi) is 5.90. The molecule has 0 unspecified atom stereocenters. The maximum atomic E-state index is 13.2. The predicted octanol–water partition coefficient (Wildman–Crippen LogP) is 3.67. The summed E-state index contributed by atoms with van der Waals surface area (Å²) in [4.78, 5) is 27.4. The zero-order chi connectivity index (χ0) is 20.3. The van der Waals surface area contributed by atoms with E-state index in [4.69, 9.17) is 4.74 Å². The molecule has 0 aliphatic carbocycles. The van der Waals surface area contributed by atoms with Crippen molar-refractivity contribution in [3.8, 4) is 0 Å². The number of hydrogen-bond donors (Lipinski definition) is 1. The Hall–Kier alpha value is -2.99. The Morgan fingerprint density at radius 2 is 1.75 bits per heavy atom. The second kappa shape index (κ2) is 8.35. The van der Waals surface area contributed by atoms with E-state index < -0.39 is 0 Å². The Bertz CT molecular complexity index is 935. The molecule has 0 radical (unpaired) electrons. The van der Waals surface area contributed by atoms with E-state index in [-0.39, 0.29) is 29.9 Å². The highest BCUT2D eigenvalue weighted by molar-refractivity contribution is 6.36. The molecule has 0 atom stereocenters. The molecule has 2 aromatic rings. The number of imide groups is 1. The molecule has 2 aromatic carbocycles. The van der Waals surface area contributed by atoms with Crippen LogP contribution in [0.15, 0.2) is 48.2 Å². The van der Waals surface area contributed by atoms with Crippen molar-refractivity contribution < 1.29 is 18.7 Å². The molecule has 0 fully saturated rings. The number of amides is 2. The molecular weight excluding hydrogens is 359 g/mol. The van der Waals surface area contributed by atoms with Crippen LogP contribution in [0, 0.1) is 19.7 Å². The second-order valence-electron chi connectivity index (χ2n) is 6.81. The largest absolute Gasteiger partial charge is 0.385 e. The summed E-state index contributed by atoms with van der Waals surface area (Å²) in [5.74, 6) is -1.10. The standard InChI is InChI=1S/C22H23FN2O3/c1-14-5-10-18(15(2)13-14)19-20(24-17-8-6-16(23)7-9-17)22(27)25(21(19)26)11-4-12-28-3/h5-10,13,24H,4,11-12H2,1-3H3. The molecule has 0 saturated heterocycles. The fourth-order valence-electron chi connectivity index (χ4n) is 3.28. The van der Waals surface area contributed by atoms with Gasteiger partial charge in [-0.15, -0.1) is 0 Å². The van der Waals surface area contributed by atoms with Gasteiger partial charge in [0.15, 0.2) is 0 Å². The first-order valence-electron chi connectivity index (χ1n) is 9.12. The van der Waals surface area contributed by atoms with E-state index in [1.54, 1.807) is 7.11 Å². The number of halogens is 1. The SMILES string of the molecule is COCCCN1C(=O)C(Nc2ccc(F)cc2)=C(c2ccc(C)cc2C)C1=O. The number of carbonyl (C=O) groups excluding carboxylic acids is 2. The lowest BCUT2D eigenvalue weighted by atomic mass is 9.97. The van der Waals surface area contributed by atoms with Crippen molar-refractivity contribution in [3.63, 3.8) is 0 Å². The molecule has 2 amide bonds. The number of aryl methyl sites for hydroxylation is 2. The summed E-state index contributed by atoms with van der Waals surface area (Å²) in [6.07, 6.45) is 0.554. The first-order valence-corrected chi connectivity index (χ1v) is 9.12. The minimum Gasteiger partial charge on any atom is -0.385 e. The van der Waals surface area contributed by atoms with E-state index in [9.17, 15) is 14.0 Å². The van der Waals surface area contributed by atoms with E-state index >= 15 is 0 Å². The number of rotatable bonds is 7. The summed E-state index contributed by atoms with van der Waals surface area (Å²) in [6, 6.07) is 11.4. The number of ether oxygens (including phenoxy) is 1. The molecule has 6 heteroatoms. The molecule has 3 rings (SSSR count). The Labute approximate surface area is 163 Å². The smallest absolute Gasteiger partial charge is 0.278 e. The first-order chi connectivity index (χ1) is 13.4. The number of anilines is 1. The van der Waals surface area contributed by atoms with Gasteiger partial charge in [0.25, 0.3) is 11.8 Å². The van der Waals surface area contributed by atoms with Crippen molar-refractivity contribution >= 4 is 23.1 Å². The van der Waals surface area contributed by atoms with Crippen molar-refractivity contribution in [1.82, 2.24) is 4.90 Å². The lowest BCUT2D eigenvalue weighted by Gasteiger charge is -2.15. The van der Waals surface area contributed by atoms with Crippen molar-refractivity contribution in [3.05, 3.63) is 70.7 Å². The zero-order valence-corrected chi connectivity index (χ0v) is 16.2. The van der Waals surface area contributed by atoms with E-state index in [1.807, 2.05) is 32.0 Å². The van der Waals surface area contributed by atoms with Crippen LogP contribution in [-0.4, -0.2) is 37.0 Å². The quantitative estimate of drug-likeness (QED) is 0.586. The molecule has 1 N–H and O–H groups in total. The summed E-state index contributed by atoms with van der Waals surface area (Å²) >= 11 is 0. The summed E-state index contributed by atoms with van der Waals surface area (Å²) in [6.45, 7) is 4.61. The number of nitrogens with zero attached hydrogens (tertiary/aromatic N) is 1. The molecule has 0 aromatic heterocycles. The van der Waals surface area contributed by atoms with Gasteiger partial charge in [0.2, 0.25) is 0 Å². The minimum atomic E-state index is -0.389. The third-order valence-electron chi connectivity index (χ3n) is 4.66. The molecule has 0 spiro atoms. The third-order valence-corrected chi connectivity index (χ3v) is 4.66. The van der Waals surface area contributed by atoms with Gasteiger partial charge in [0.1, 0.15) is 11.5 Å². The van der Waals surface area contributed by atoms with Crippen LogP contribution in [0.4, 0.5) is 10.1 Å². The summed E-state index contributed by atoms with van der Waals surface area (Å²) in [7, 11) is 1.58. The number of nitrogens with one attached hydrogen (secondary N) is 1. The molecule has 5 nitrogen and oxygen atoms in total. The van der Waals surface area contributed by atoms with Crippen LogP contribution in [0.5, 0.6) is 0 Å². The average molecular weight is 382 g/mol. The maximum Gasteiger partial charge on any atom is 0.278 e. The molecule has 1 aliphatic rings. The highest BCUT2D eigenvalue weighted by Gasteiger charge is 2.39. The molecule has 0 bridgehead atoms. The van der Waals surface area contributed by atoms with Gasteiger partial charge in [-0.3, -0.25) is 14.5 Å². The Balaban J connectivity index is 2.03. The van der Waals surface area contributed by atoms with Gasteiger partial charge in [-0.25, -0.2) is 4.39 Å². The molecular formula is C22H23FN2O3. The summed E-state index contributed by atoms with van der Waals surface area (Å²) in [5, 5.41) is 3.03.